The number of aryl methyl sites for hydroxylation is 2. The smallest absolute Gasteiger partial charge is 0.125 e. The van der Waals surface area contributed by atoms with Gasteiger partial charge in [0, 0.05) is 31.0 Å². The van der Waals surface area contributed by atoms with Gasteiger partial charge in [0.25, 0.3) is 0 Å². The first-order valence-electron chi connectivity index (χ1n) is 10.2. The second-order valence-corrected chi connectivity index (χ2v) is 7.57. The number of hydrogen-bond acceptors (Lipinski definition) is 6. The number of aliphatic hydroxyl groups excluding tert-OH is 2. The molecule has 0 aliphatic carbocycles. The Balaban J connectivity index is 1.65. The number of fused-ring (bicyclic) bond motifs is 1. The summed E-state index contributed by atoms with van der Waals surface area (Å²) in [5, 5.41) is 20.7. The normalized spacial score (nSPS) is 22.7. The zero-order valence-electron chi connectivity index (χ0n) is 16.6. The first kappa shape index (κ1) is 20.7. The van der Waals surface area contributed by atoms with Crippen LogP contribution in [0.4, 0.5) is 0 Å². The molecule has 0 saturated carbocycles. The quantitative estimate of drug-likeness (QED) is 0.827. The maximum atomic E-state index is 10.4. The number of para-hydroxylation sites is 1. The minimum Gasteiger partial charge on any atom is -0.491 e. The highest BCUT2D eigenvalue weighted by atomic mass is 16.5. The molecule has 1 aliphatic rings. The van der Waals surface area contributed by atoms with Crippen molar-refractivity contribution in [1.29, 1.82) is 0 Å². The number of aliphatic hydroxyl groups is 2. The molecule has 0 unspecified atom stereocenters. The summed E-state index contributed by atoms with van der Waals surface area (Å²) >= 11 is 0. The van der Waals surface area contributed by atoms with Crippen molar-refractivity contribution in [1.82, 2.24) is 14.9 Å². The lowest BCUT2D eigenvalue weighted by molar-refractivity contribution is -0.0163. The van der Waals surface area contributed by atoms with Crippen LogP contribution in [0.5, 0.6) is 5.75 Å². The topological polar surface area (TPSA) is 78.7 Å². The van der Waals surface area contributed by atoms with Crippen molar-refractivity contribution < 1.29 is 14.9 Å². The fraction of sp³-hybridized carbons (Fsp3) is 0.545. The van der Waals surface area contributed by atoms with E-state index in [1.807, 2.05) is 37.5 Å². The van der Waals surface area contributed by atoms with E-state index in [-0.39, 0.29) is 6.61 Å². The van der Waals surface area contributed by atoms with Gasteiger partial charge in [-0.25, -0.2) is 9.97 Å². The van der Waals surface area contributed by atoms with E-state index in [4.69, 9.17) is 4.74 Å². The van der Waals surface area contributed by atoms with Crippen molar-refractivity contribution in [2.75, 3.05) is 19.7 Å². The summed E-state index contributed by atoms with van der Waals surface area (Å²) in [6, 6.07) is 7.97. The molecule has 28 heavy (non-hydrogen) atoms. The van der Waals surface area contributed by atoms with Gasteiger partial charge in [-0.3, -0.25) is 4.90 Å². The van der Waals surface area contributed by atoms with Gasteiger partial charge in [0.15, 0.2) is 0 Å². The Labute approximate surface area is 167 Å². The van der Waals surface area contributed by atoms with Crippen LogP contribution in [0.25, 0.3) is 0 Å². The molecule has 0 fully saturated rings. The van der Waals surface area contributed by atoms with Gasteiger partial charge < -0.3 is 14.9 Å². The summed E-state index contributed by atoms with van der Waals surface area (Å²) in [6.07, 6.45) is 6.81. The Hall–Kier alpha value is -2.02. The van der Waals surface area contributed by atoms with Crippen LogP contribution in [-0.4, -0.2) is 57.0 Å². The van der Waals surface area contributed by atoms with Gasteiger partial charge in [-0.1, -0.05) is 24.6 Å². The van der Waals surface area contributed by atoms with Crippen molar-refractivity contribution in [2.45, 2.75) is 57.8 Å². The lowest BCUT2D eigenvalue weighted by Gasteiger charge is -2.26. The molecule has 1 aromatic carbocycles. The molecule has 2 heterocycles. The predicted molar refractivity (Wildman–Crippen MR) is 108 cm³/mol. The molecular weight excluding hydrogens is 354 g/mol. The zero-order chi connectivity index (χ0) is 19.8. The first-order valence-corrected chi connectivity index (χ1v) is 10.2. The van der Waals surface area contributed by atoms with E-state index >= 15 is 0 Å². The largest absolute Gasteiger partial charge is 0.491 e. The molecule has 6 heteroatoms. The molecule has 2 N–H and O–H groups in total. The van der Waals surface area contributed by atoms with Crippen LogP contribution in [0.1, 0.15) is 42.6 Å². The van der Waals surface area contributed by atoms with E-state index in [1.165, 1.54) is 0 Å². The highest BCUT2D eigenvalue weighted by molar-refractivity contribution is 5.33. The maximum Gasteiger partial charge on any atom is 0.125 e. The summed E-state index contributed by atoms with van der Waals surface area (Å²) in [4.78, 5) is 10.9. The molecule has 3 rings (SSSR count). The number of benzene rings is 1. The summed E-state index contributed by atoms with van der Waals surface area (Å²) < 4.78 is 5.81. The Bertz CT molecular complexity index is 723. The number of nitrogens with zero attached hydrogens (tertiary/aromatic N) is 3. The van der Waals surface area contributed by atoms with Crippen molar-refractivity contribution in [3.8, 4) is 5.75 Å². The van der Waals surface area contributed by atoms with Gasteiger partial charge in [-0.05, 0) is 50.8 Å². The van der Waals surface area contributed by atoms with Crippen LogP contribution in [0.2, 0.25) is 0 Å². The molecule has 0 amide bonds. The summed E-state index contributed by atoms with van der Waals surface area (Å²) in [5.41, 5.74) is 2.23. The van der Waals surface area contributed by atoms with Gasteiger partial charge >= 0.3 is 0 Å². The van der Waals surface area contributed by atoms with Crippen LogP contribution in [-0.2, 0) is 13.0 Å². The molecule has 152 valence electrons. The third kappa shape index (κ3) is 6.26. The highest BCUT2D eigenvalue weighted by Gasteiger charge is 2.19. The highest BCUT2D eigenvalue weighted by Crippen LogP contribution is 2.21. The van der Waals surface area contributed by atoms with E-state index in [9.17, 15) is 10.2 Å². The minimum atomic E-state index is -0.902. The Morgan fingerprint density at radius 2 is 1.82 bits per heavy atom. The number of ether oxygens (including phenoxy) is 1. The monoisotopic (exact) mass is 385 g/mol. The molecule has 2 aromatic rings. The van der Waals surface area contributed by atoms with Crippen molar-refractivity contribution in [3.63, 3.8) is 0 Å². The molecule has 0 saturated heterocycles. The van der Waals surface area contributed by atoms with E-state index in [0.29, 0.717) is 13.0 Å². The second kappa shape index (κ2) is 10.5. The molecule has 6 nitrogen and oxygen atoms in total. The Morgan fingerprint density at radius 1 is 1.04 bits per heavy atom. The van der Waals surface area contributed by atoms with Crippen LogP contribution in [0.15, 0.2) is 36.7 Å². The Kier molecular flexibility index (Phi) is 7.77. The molecule has 0 bridgehead atoms. The SMILES string of the molecule is Cc1ncc(CN2CCCCCc3ccccc3OC[C@@H](O)[C@@H](O)CC2)cn1. The van der Waals surface area contributed by atoms with E-state index in [1.54, 1.807) is 0 Å². The Morgan fingerprint density at radius 3 is 2.64 bits per heavy atom. The maximum absolute atomic E-state index is 10.4. The van der Waals surface area contributed by atoms with Crippen molar-refractivity contribution in [3.05, 3.63) is 53.6 Å². The summed E-state index contributed by atoms with van der Waals surface area (Å²) in [5.74, 6) is 1.58. The third-order valence-electron chi connectivity index (χ3n) is 5.23. The fourth-order valence-corrected chi connectivity index (χ4v) is 3.50. The van der Waals surface area contributed by atoms with Gasteiger partial charge in [-0.15, -0.1) is 0 Å². The second-order valence-electron chi connectivity index (χ2n) is 7.57. The van der Waals surface area contributed by atoms with Crippen LogP contribution in [0.3, 0.4) is 0 Å². The lowest BCUT2D eigenvalue weighted by atomic mass is 10.0. The molecule has 1 aliphatic heterocycles. The average molecular weight is 386 g/mol. The number of rotatable bonds is 2. The fourth-order valence-electron chi connectivity index (χ4n) is 3.50. The van der Waals surface area contributed by atoms with E-state index in [0.717, 1.165) is 61.5 Å². The molecular formula is C22H31N3O3. The standard InChI is InChI=1S/C22H31N3O3/c1-17-23-13-18(14-24-17)15-25-11-6-2-3-7-19-8-4-5-9-22(19)28-16-21(27)20(26)10-12-25/h4-5,8-9,13-14,20-21,26-27H,2-3,6-7,10-12,15-16H2,1H3/t20-,21+/m0/s1. The molecule has 2 atom stereocenters. The van der Waals surface area contributed by atoms with Crippen LogP contribution < -0.4 is 4.74 Å². The lowest BCUT2D eigenvalue weighted by Crippen LogP contribution is -2.36. The van der Waals surface area contributed by atoms with Gasteiger partial charge in [0.1, 0.15) is 24.3 Å². The summed E-state index contributed by atoms with van der Waals surface area (Å²) in [7, 11) is 0. The zero-order valence-corrected chi connectivity index (χ0v) is 16.6. The van der Waals surface area contributed by atoms with E-state index < -0.39 is 12.2 Å². The van der Waals surface area contributed by atoms with Crippen LogP contribution >= 0.6 is 0 Å². The minimum absolute atomic E-state index is 0.101. The van der Waals surface area contributed by atoms with Gasteiger partial charge in [-0.2, -0.15) is 0 Å². The number of hydrogen-bond donors (Lipinski definition) is 2. The van der Waals surface area contributed by atoms with Crippen LogP contribution in [0, 0.1) is 6.92 Å². The number of aromatic nitrogens is 2. The van der Waals surface area contributed by atoms with Crippen molar-refractivity contribution >= 4 is 0 Å². The summed E-state index contributed by atoms with van der Waals surface area (Å²) in [6.45, 7) is 4.40. The van der Waals surface area contributed by atoms with Gasteiger partial charge in [0.2, 0.25) is 0 Å². The predicted octanol–water partition coefficient (Wildman–Crippen LogP) is 2.50. The molecule has 0 spiro atoms. The van der Waals surface area contributed by atoms with Crippen molar-refractivity contribution in [2.24, 2.45) is 0 Å². The first-order chi connectivity index (χ1) is 13.6. The molecule has 1 aromatic heterocycles. The third-order valence-corrected chi connectivity index (χ3v) is 5.23. The van der Waals surface area contributed by atoms with Gasteiger partial charge in [0.05, 0.1) is 6.10 Å². The average Bonchev–Trinajstić information content (AvgIpc) is 2.71. The molecule has 0 radical (unpaired) electrons. The van der Waals surface area contributed by atoms with E-state index in [2.05, 4.69) is 20.9 Å².